The summed E-state index contributed by atoms with van der Waals surface area (Å²) in [5, 5.41) is 0. The Labute approximate surface area is 102 Å². The number of hydrogen-bond acceptors (Lipinski definition) is 2. The van der Waals surface area contributed by atoms with E-state index in [0.717, 1.165) is 12.5 Å². The molecule has 0 N–H and O–H groups in total. The molecule has 0 aliphatic rings. The molecule has 0 saturated carbocycles. The molecule has 0 radical (unpaired) electrons. The molecule has 6 heteroatoms. The lowest BCUT2D eigenvalue weighted by Gasteiger charge is -2.09. The van der Waals surface area contributed by atoms with Crippen molar-refractivity contribution in [3.8, 4) is 0 Å². The van der Waals surface area contributed by atoms with Gasteiger partial charge < -0.3 is 4.74 Å². The lowest BCUT2D eigenvalue weighted by molar-refractivity contribution is -0.140. The molecule has 1 aromatic rings. The number of alkyl halides is 3. The Morgan fingerprint density at radius 2 is 2.00 bits per heavy atom. The monoisotopic (exact) mass is 264 g/mol. The van der Waals surface area contributed by atoms with Crippen LogP contribution in [0.15, 0.2) is 18.2 Å². The second kappa shape index (κ2) is 5.84. The summed E-state index contributed by atoms with van der Waals surface area (Å²) in [4.78, 5) is 11.4. The molecule has 1 aromatic carbocycles. The zero-order valence-electron chi connectivity index (χ0n) is 9.68. The SMILES string of the molecule is CCCCOC(=O)c1ccc(C(F)(F)F)c(F)c1. The van der Waals surface area contributed by atoms with E-state index in [9.17, 15) is 22.4 Å². The van der Waals surface area contributed by atoms with E-state index in [0.29, 0.717) is 18.6 Å². The van der Waals surface area contributed by atoms with E-state index in [1.165, 1.54) is 0 Å². The van der Waals surface area contributed by atoms with E-state index in [2.05, 4.69) is 0 Å². The van der Waals surface area contributed by atoms with E-state index in [1.54, 1.807) is 0 Å². The summed E-state index contributed by atoms with van der Waals surface area (Å²) >= 11 is 0. The van der Waals surface area contributed by atoms with Crippen molar-refractivity contribution in [2.75, 3.05) is 6.61 Å². The van der Waals surface area contributed by atoms with Crippen LogP contribution in [0.25, 0.3) is 0 Å². The molecule has 1 rings (SSSR count). The topological polar surface area (TPSA) is 26.3 Å². The Bertz CT molecular complexity index is 427. The first-order chi connectivity index (χ1) is 8.36. The van der Waals surface area contributed by atoms with Gasteiger partial charge in [0.1, 0.15) is 5.82 Å². The number of carbonyl (C=O) groups excluding carboxylic acids is 1. The number of hydrogen-bond donors (Lipinski definition) is 0. The Hall–Kier alpha value is -1.59. The van der Waals surface area contributed by atoms with E-state index in [-0.39, 0.29) is 12.2 Å². The normalized spacial score (nSPS) is 11.4. The summed E-state index contributed by atoms with van der Waals surface area (Å²) in [5.41, 5.74) is -1.62. The maximum Gasteiger partial charge on any atom is 0.419 e. The van der Waals surface area contributed by atoms with Crippen LogP contribution >= 0.6 is 0 Å². The van der Waals surface area contributed by atoms with Crippen molar-refractivity contribution in [2.24, 2.45) is 0 Å². The maximum absolute atomic E-state index is 13.2. The molecular weight excluding hydrogens is 252 g/mol. The van der Waals surface area contributed by atoms with Crippen molar-refractivity contribution in [3.63, 3.8) is 0 Å². The van der Waals surface area contributed by atoms with Gasteiger partial charge in [-0.3, -0.25) is 0 Å². The number of benzene rings is 1. The van der Waals surface area contributed by atoms with Crippen LogP contribution in [0.1, 0.15) is 35.7 Å². The van der Waals surface area contributed by atoms with Gasteiger partial charge in [0, 0.05) is 0 Å². The quantitative estimate of drug-likeness (QED) is 0.469. The first-order valence-electron chi connectivity index (χ1n) is 5.40. The van der Waals surface area contributed by atoms with Crippen LogP contribution in [-0.4, -0.2) is 12.6 Å². The summed E-state index contributed by atoms with van der Waals surface area (Å²) in [6.07, 6.45) is -3.31. The molecule has 0 aliphatic carbocycles. The molecule has 0 unspecified atom stereocenters. The molecule has 0 amide bonds. The summed E-state index contributed by atoms with van der Waals surface area (Å²) in [5.74, 6) is -2.30. The van der Waals surface area contributed by atoms with Crippen LogP contribution in [0.3, 0.4) is 0 Å². The molecule has 0 aromatic heterocycles. The fraction of sp³-hybridized carbons (Fsp3) is 0.417. The van der Waals surface area contributed by atoms with Crippen LogP contribution in [0, 0.1) is 5.82 Å². The van der Waals surface area contributed by atoms with Gasteiger partial charge >= 0.3 is 12.1 Å². The second-order valence-corrected chi connectivity index (χ2v) is 3.68. The fourth-order valence-electron chi connectivity index (χ4n) is 1.26. The van der Waals surface area contributed by atoms with Crippen LogP contribution in [0.4, 0.5) is 17.6 Å². The molecule has 0 atom stereocenters. The lowest BCUT2D eigenvalue weighted by atomic mass is 10.1. The minimum atomic E-state index is -4.77. The van der Waals surface area contributed by atoms with E-state index in [1.807, 2.05) is 6.92 Å². The van der Waals surface area contributed by atoms with Crippen LogP contribution in [0.5, 0.6) is 0 Å². The smallest absolute Gasteiger partial charge is 0.419 e. The van der Waals surface area contributed by atoms with Crippen molar-refractivity contribution in [3.05, 3.63) is 35.1 Å². The molecule has 18 heavy (non-hydrogen) atoms. The Morgan fingerprint density at radius 3 is 2.50 bits per heavy atom. The predicted octanol–water partition coefficient (Wildman–Crippen LogP) is 3.80. The summed E-state index contributed by atoms with van der Waals surface area (Å²) in [6, 6.07) is 1.98. The van der Waals surface area contributed by atoms with Gasteiger partial charge in [0.25, 0.3) is 0 Å². The molecule has 0 bridgehead atoms. The van der Waals surface area contributed by atoms with Crippen LogP contribution in [-0.2, 0) is 10.9 Å². The van der Waals surface area contributed by atoms with Crippen molar-refractivity contribution >= 4 is 5.97 Å². The van der Waals surface area contributed by atoms with Gasteiger partial charge in [-0.25, -0.2) is 9.18 Å². The predicted molar refractivity (Wildman–Crippen MR) is 56.6 cm³/mol. The van der Waals surface area contributed by atoms with Gasteiger partial charge in [0.05, 0.1) is 17.7 Å². The average Bonchev–Trinajstić information content (AvgIpc) is 2.27. The Kier molecular flexibility index (Phi) is 4.69. The van der Waals surface area contributed by atoms with E-state index >= 15 is 0 Å². The number of carbonyl (C=O) groups is 1. The highest BCUT2D eigenvalue weighted by molar-refractivity contribution is 5.89. The molecule has 0 saturated heterocycles. The number of rotatable bonds is 4. The number of ether oxygens (including phenoxy) is 1. The third kappa shape index (κ3) is 3.72. The minimum Gasteiger partial charge on any atom is -0.462 e. The average molecular weight is 264 g/mol. The number of halogens is 4. The van der Waals surface area contributed by atoms with Crippen molar-refractivity contribution in [1.29, 1.82) is 0 Å². The number of unbranched alkanes of at least 4 members (excludes halogenated alkanes) is 1. The maximum atomic E-state index is 13.2. The largest absolute Gasteiger partial charge is 0.462 e. The third-order valence-corrected chi connectivity index (χ3v) is 2.24. The van der Waals surface area contributed by atoms with Gasteiger partial charge in [-0.1, -0.05) is 13.3 Å². The first-order valence-corrected chi connectivity index (χ1v) is 5.40. The van der Waals surface area contributed by atoms with Crippen molar-refractivity contribution in [2.45, 2.75) is 25.9 Å². The van der Waals surface area contributed by atoms with Gasteiger partial charge in [-0.15, -0.1) is 0 Å². The summed E-state index contributed by atoms with van der Waals surface area (Å²) in [7, 11) is 0. The standard InChI is InChI=1S/C12H12F4O2/c1-2-3-6-18-11(17)8-4-5-9(10(13)7-8)12(14,15)16/h4-5,7H,2-3,6H2,1H3. The van der Waals surface area contributed by atoms with Gasteiger partial charge in [0.15, 0.2) is 0 Å². The molecule has 2 nitrogen and oxygen atoms in total. The highest BCUT2D eigenvalue weighted by Crippen LogP contribution is 2.31. The molecule has 0 heterocycles. The first kappa shape index (κ1) is 14.5. The molecule has 0 spiro atoms. The number of esters is 1. The highest BCUT2D eigenvalue weighted by Gasteiger charge is 2.34. The van der Waals surface area contributed by atoms with Crippen molar-refractivity contribution < 1.29 is 27.1 Å². The zero-order valence-corrected chi connectivity index (χ0v) is 9.68. The van der Waals surface area contributed by atoms with Crippen LogP contribution in [0.2, 0.25) is 0 Å². The highest BCUT2D eigenvalue weighted by atomic mass is 19.4. The minimum absolute atomic E-state index is 0.165. The molecule has 0 fully saturated rings. The van der Waals surface area contributed by atoms with Gasteiger partial charge in [0.2, 0.25) is 0 Å². The Balaban J connectivity index is 2.81. The van der Waals surface area contributed by atoms with E-state index in [4.69, 9.17) is 4.74 Å². The third-order valence-electron chi connectivity index (χ3n) is 2.24. The Morgan fingerprint density at radius 1 is 1.33 bits per heavy atom. The zero-order chi connectivity index (χ0) is 13.8. The molecule has 100 valence electrons. The van der Waals surface area contributed by atoms with Gasteiger partial charge in [-0.2, -0.15) is 13.2 Å². The van der Waals surface area contributed by atoms with Crippen molar-refractivity contribution in [1.82, 2.24) is 0 Å². The van der Waals surface area contributed by atoms with E-state index < -0.39 is 23.5 Å². The molecule has 0 aliphatic heterocycles. The van der Waals surface area contributed by atoms with Crippen LogP contribution < -0.4 is 0 Å². The summed E-state index contributed by atoms with van der Waals surface area (Å²) in [6.45, 7) is 2.06. The lowest BCUT2D eigenvalue weighted by Crippen LogP contribution is -2.11. The van der Waals surface area contributed by atoms with Gasteiger partial charge in [-0.05, 0) is 24.6 Å². The summed E-state index contributed by atoms with van der Waals surface area (Å²) < 4.78 is 54.8. The second-order valence-electron chi connectivity index (χ2n) is 3.68. The molecular formula is C12H12F4O2. The fourth-order valence-corrected chi connectivity index (χ4v) is 1.26.